The fraction of sp³-hybridized carbons (Fsp3) is 0.667. The van der Waals surface area contributed by atoms with Crippen molar-refractivity contribution in [2.24, 2.45) is 5.92 Å². The molecule has 5 heteroatoms. The van der Waals surface area contributed by atoms with Crippen LogP contribution < -0.4 is 5.32 Å². The highest BCUT2D eigenvalue weighted by Crippen LogP contribution is 2.22. The van der Waals surface area contributed by atoms with E-state index >= 15 is 0 Å². The summed E-state index contributed by atoms with van der Waals surface area (Å²) in [7, 11) is 0. The predicted molar refractivity (Wildman–Crippen MR) is 87.6 cm³/mol. The van der Waals surface area contributed by atoms with Gasteiger partial charge in [-0.3, -0.25) is 4.79 Å². The van der Waals surface area contributed by atoms with Crippen molar-refractivity contribution in [3.8, 4) is 0 Å². The van der Waals surface area contributed by atoms with Crippen LogP contribution in [-0.2, 0) is 11.3 Å². The van der Waals surface area contributed by atoms with Crippen LogP contribution in [0.15, 0.2) is 12.1 Å². The van der Waals surface area contributed by atoms with Crippen LogP contribution in [0.1, 0.15) is 36.4 Å². The lowest BCUT2D eigenvalue weighted by molar-refractivity contribution is -0.138. The molecule has 0 saturated carbocycles. The van der Waals surface area contributed by atoms with Crippen molar-refractivity contribution >= 4 is 29.7 Å². The first-order chi connectivity index (χ1) is 9.08. The van der Waals surface area contributed by atoms with Gasteiger partial charge < -0.3 is 10.2 Å². The van der Waals surface area contributed by atoms with Gasteiger partial charge in [-0.25, -0.2) is 0 Å². The maximum Gasteiger partial charge on any atom is 0.226 e. The molecule has 0 radical (unpaired) electrons. The van der Waals surface area contributed by atoms with Gasteiger partial charge in [0.15, 0.2) is 0 Å². The molecule has 1 N–H and O–H groups in total. The lowest BCUT2D eigenvalue weighted by atomic mass is 9.96. The van der Waals surface area contributed by atoms with E-state index in [1.54, 1.807) is 11.3 Å². The summed E-state index contributed by atoms with van der Waals surface area (Å²) in [4.78, 5) is 17.3. The van der Waals surface area contributed by atoms with E-state index in [1.807, 2.05) is 4.90 Å². The van der Waals surface area contributed by atoms with Gasteiger partial charge in [0.05, 0.1) is 6.54 Å². The molecule has 0 spiro atoms. The van der Waals surface area contributed by atoms with Crippen LogP contribution in [0, 0.1) is 12.8 Å². The molecule has 2 heterocycles. The summed E-state index contributed by atoms with van der Waals surface area (Å²) in [5, 5.41) is 3.32. The number of carbonyl (C=O) groups is 1. The molecule has 1 aliphatic heterocycles. The van der Waals surface area contributed by atoms with Gasteiger partial charge in [0.25, 0.3) is 0 Å². The number of piperidine rings is 1. The number of hydrogen-bond donors (Lipinski definition) is 1. The number of amides is 1. The van der Waals surface area contributed by atoms with Gasteiger partial charge in [-0.05, 0) is 58.8 Å². The highest BCUT2D eigenvalue weighted by molar-refractivity contribution is 7.11. The van der Waals surface area contributed by atoms with E-state index in [-0.39, 0.29) is 24.4 Å². The van der Waals surface area contributed by atoms with Gasteiger partial charge in [0.2, 0.25) is 5.91 Å². The Hall–Kier alpha value is -0.580. The Morgan fingerprint density at radius 2 is 2.05 bits per heavy atom. The topological polar surface area (TPSA) is 32.3 Å². The van der Waals surface area contributed by atoms with Crippen LogP contribution in [0.5, 0.6) is 0 Å². The average Bonchev–Trinajstić information content (AvgIpc) is 2.81. The minimum atomic E-state index is 0. The number of thiophene rings is 1. The normalized spacial score (nSPS) is 16.0. The molecule has 20 heavy (non-hydrogen) atoms. The molecular formula is C15H25ClN2OS. The zero-order valence-electron chi connectivity index (χ0n) is 12.5. The molecule has 1 aliphatic rings. The highest BCUT2D eigenvalue weighted by Gasteiger charge is 2.27. The second-order valence-electron chi connectivity index (χ2n) is 5.60. The molecule has 0 unspecified atom stereocenters. The quantitative estimate of drug-likeness (QED) is 0.925. The van der Waals surface area contributed by atoms with Crippen molar-refractivity contribution in [1.29, 1.82) is 0 Å². The summed E-state index contributed by atoms with van der Waals surface area (Å²) in [6, 6.07) is 4.54. The summed E-state index contributed by atoms with van der Waals surface area (Å²) in [6.45, 7) is 9.04. The first kappa shape index (κ1) is 17.5. The molecule has 0 bridgehead atoms. The van der Waals surface area contributed by atoms with Crippen LogP contribution >= 0.6 is 23.7 Å². The van der Waals surface area contributed by atoms with Crippen LogP contribution in [0.4, 0.5) is 0 Å². The standard InChI is InChI=1S/C15H24N2OS.ClH/c1-11(2)17(10-14-5-4-12(3)19-14)15(18)13-6-8-16-9-7-13;/h4-5,11,13,16H,6-10H2,1-3H3;1H. The van der Waals surface area contributed by atoms with Gasteiger partial charge in [-0.1, -0.05) is 0 Å². The summed E-state index contributed by atoms with van der Waals surface area (Å²) < 4.78 is 0. The van der Waals surface area contributed by atoms with E-state index < -0.39 is 0 Å². The lowest BCUT2D eigenvalue weighted by Crippen LogP contribution is -2.43. The molecule has 0 atom stereocenters. The Morgan fingerprint density at radius 1 is 1.40 bits per heavy atom. The van der Waals surface area contributed by atoms with E-state index in [1.165, 1.54) is 9.75 Å². The van der Waals surface area contributed by atoms with Crippen molar-refractivity contribution < 1.29 is 4.79 Å². The molecule has 1 aromatic heterocycles. The van der Waals surface area contributed by atoms with Crippen LogP contribution in [0.25, 0.3) is 0 Å². The SMILES string of the molecule is Cc1ccc(CN(C(=O)C2CCNCC2)C(C)C)s1.Cl. The average molecular weight is 317 g/mol. The number of rotatable bonds is 4. The van der Waals surface area contributed by atoms with Crippen LogP contribution in [0.3, 0.4) is 0 Å². The molecule has 114 valence electrons. The summed E-state index contributed by atoms with van der Waals surface area (Å²) >= 11 is 1.79. The predicted octanol–water partition coefficient (Wildman–Crippen LogP) is 3.21. The van der Waals surface area contributed by atoms with Crippen LogP contribution in [0.2, 0.25) is 0 Å². The Bertz CT molecular complexity index is 427. The minimum Gasteiger partial charge on any atom is -0.335 e. The van der Waals surface area contributed by atoms with Gasteiger partial charge >= 0.3 is 0 Å². The summed E-state index contributed by atoms with van der Waals surface area (Å²) in [5.41, 5.74) is 0. The van der Waals surface area contributed by atoms with E-state index in [0.29, 0.717) is 5.91 Å². The van der Waals surface area contributed by atoms with E-state index in [4.69, 9.17) is 0 Å². The van der Waals surface area contributed by atoms with Crippen molar-refractivity contribution in [3.05, 3.63) is 21.9 Å². The fourth-order valence-corrected chi connectivity index (χ4v) is 3.45. The van der Waals surface area contributed by atoms with Crippen molar-refractivity contribution in [2.45, 2.75) is 46.2 Å². The van der Waals surface area contributed by atoms with E-state index in [2.05, 4.69) is 38.2 Å². The molecule has 1 amide bonds. The molecule has 1 fully saturated rings. The smallest absolute Gasteiger partial charge is 0.226 e. The van der Waals surface area contributed by atoms with Crippen molar-refractivity contribution in [3.63, 3.8) is 0 Å². The third-order valence-corrected chi connectivity index (χ3v) is 4.70. The number of aryl methyl sites for hydroxylation is 1. The summed E-state index contributed by atoms with van der Waals surface area (Å²) in [5.74, 6) is 0.548. The second kappa shape index (κ2) is 8.01. The molecular weight excluding hydrogens is 292 g/mol. The Balaban J connectivity index is 0.00000200. The Kier molecular flexibility index (Phi) is 7.00. The van der Waals surface area contributed by atoms with Gasteiger partial charge in [0, 0.05) is 21.7 Å². The van der Waals surface area contributed by atoms with Gasteiger partial charge in [0.1, 0.15) is 0 Å². The number of hydrogen-bond acceptors (Lipinski definition) is 3. The number of halogens is 1. The maximum atomic E-state index is 12.7. The number of nitrogens with one attached hydrogen (secondary N) is 1. The Labute approximate surface area is 132 Å². The van der Waals surface area contributed by atoms with E-state index in [9.17, 15) is 4.79 Å². The first-order valence-corrected chi connectivity index (χ1v) is 7.96. The summed E-state index contributed by atoms with van der Waals surface area (Å²) in [6.07, 6.45) is 1.96. The van der Waals surface area contributed by atoms with Gasteiger partial charge in [-0.15, -0.1) is 23.7 Å². The largest absolute Gasteiger partial charge is 0.335 e. The number of nitrogens with zero attached hydrogens (tertiary/aromatic N) is 1. The molecule has 0 aliphatic carbocycles. The monoisotopic (exact) mass is 316 g/mol. The third kappa shape index (κ3) is 4.47. The second-order valence-corrected chi connectivity index (χ2v) is 6.97. The zero-order valence-corrected chi connectivity index (χ0v) is 14.1. The van der Waals surface area contributed by atoms with Gasteiger partial charge in [-0.2, -0.15) is 0 Å². The minimum absolute atomic E-state index is 0. The zero-order chi connectivity index (χ0) is 13.8. The fourth-order valence-electron chi connectivity index (χ4n) is 2.56. The molecule has 3 nitrogen and oxygen atoms in total. The lowest BCUT2D eigenvalue weighted by Gasteiger charge is -2.32. The number of carbonyl (C=O) groups excluding carboxylic acids is 1. The molecule has 2 rings (SSSR count). The maximum absolute atomic E-state index is 12.7. The molecule has 0 aromatic carbocycles. The highest BCUT2D eigenvalue weighted by atomic mass is 35.5. The molecule has 1 saturated heterocycles. The first-order valence-electron chi connectivity index (χ1n) is 7.14. The molecule has 1 aromatic rings. The van der Waals surface area contributed by atoms with Crippen molar-refractivity contribution in [2.75, 3.05) is 13.1 Å². The third-order valence-electron chi connectivity index (χ3n) is 3.72. The van der Waals surface area contributed by atoms with Crippen molar-refractivity contribution in [1.82, 2.24) is 10.2 Å². The van der Waals surface area contributed by atoms with Crippen LogP contribution in [-0.4, -0.2) is 29.9 Å². The van der Waals surface area contributed by atoms with E-state index in [0.717, 1.165) is 32.5 Å². The Morgan fingerprint density at radius 3 is 2.55 bits per heavy atom.